The Labute approximate surface area is 88.4 Å². The van der Waals surface area contributed by atoms with Crippen LogP contribution in [-0.2, 0) is 4.79 Å². The summed E-state index contributed by atoms with van der Waals surface area (Å²) in [7, 11) is 0. The number of carbonyl (C=O) groups is 1. The van der Waals surface area contributed by atoms with E-state index >= 15 is 0 Å². The fourth-order valence-corrected chi connectivity index (χ4v) is 2.37. The number of hydrogen-bond donors (Lipinski definition) is 3. The third-order valence-corrected chi connectivity index (χ3v) is 3.99. The van der Waals surface area contributed by atoms with Crippen molar-refractivity contribution in [2.45, 2.75) is 30.6 Å². The summed E-state index contributed by atoms with van der Waals surface area (Å²) in [5.41, 5.74) is 10.4. The van der Waals surface area contributed by atoms with Crippen molar-refractivity contribution in [2.75, 3.05) is 12.4 Å². The zero-order valence-electron chi connectivity index (χ0n) is 8.40. The third kappa shape index (κ3) is 2.62. The first-order chi connectivity index (χ1) is 6.50. The van der Waals surface area contributed by atoms with E-state index in [1.165, 1.54) is 11.8 Å². The lowest BCUT2D eigenvalue weighted by Gasteiger charge is -2.26. The summed E-state index contributed by atoms with van der Waals surface area (Å²) in [6.45, 7) is 2.00. The van der Waals surface area contributed by atoms with Gasteiger partial charge in [0.25, 0.3) is 0 Å². The molecule has 2 unspecified atom stereocenters. The lowest BCUT2D eigenvalue weighted by Crippen LogP contribution is -2.56. The van der Waals surface area contributed by atoms with E-state index in [2.05, 4.69) is 0 Å². The molecule has 0 aromatic heterocycles. The van der Waals surface area contributed by atoms with E-state index in [0.717, 1.165) is 12.8 Å². The van der Waals surface area contributed by atoms with Crippen LogP contribution in [-0.4, -0.2) is 34.2 Å². The first-order valence-corrected chi connectivity index (χ1v) is 5.87. The molecule has 1 saturated carbocycles. The van der Waals surface area contributed by atoms with E-state index in [1.54, 1.807) is 0 Å². The maximum absolute atomic E-state index is 11.2. The summed E-state index contributed by atoms with van der Waals surface area (Å²) in [4.78, 5) is 11.2. The minimum Gasteiger partial charge on any atom is -0.395 e. The van der Waals surface area contributed by atoms with Gasteiger partial charge in [0.05, 0.1) is 6.61 Å². The van der Waals surface area contributed by atoms with Gasteiger partial charge < -0.3 is 16.6 Å². The summed E-state index contributed by atoms with van der Waals surface area (Å²) in [6.07, 6.45) is 1.99. The lowest BCUT2D eigenvalue weighted by molar-refractivity contribution is -0.123. The zero-order chi connectivity index (χ0) is 10.8. The van der Waals surface area contributed by atoms with Gasteiger partial charge in [-0.1, -0.05) is 6.92 Å². The molecule has 0 saturated heterocycles. The van der Waals surface area contributed by atoms with Crippen LogP contribution < -0.4 is 11.5 Å². The van der Waals surface area contributed by atoms with Crippen LogP contribution in [0.25, 0.3) is 0 Å². The Bertz CT molecular complexity index is 221. The number of aliphatic hydroxyl groups excluding tert-OH is 1. The highest BCUT2D eigenvalue weighted by Crippen LogP contribution is 2.40. The molecular weight excluding hydrogens is 200 g/mol. The second-order valence-corrected chi connectivity index (χ2v) is 5.41. The van der Waals surface area contributed by atoms with E-state index in [1.807, 2.05) is 6.92 Å². The van der Waals surface area contributed by atoms with Gasteiger partial charge in [-0.3, -0.25) is 4.79 Å². The van der Waals surface area contributed by atoms with Gasteiger partial charge in [-0.15, -0.1) is 0 Å². The smallest absolute Gasteiger partial charge is 0.238 e. The second kappa shape index (κ2) is 4.51. The predicted octanol–water partition coefficient (Wildman–Crippen LogP) is -0.307. The van der Waals surface area contributed by atoms with Crippen LogP contribution in [0.3, 0.4) is 0 Å². The molecule has 4 nitrogen and oxygen atoms in total. The molecule has 2 atom stereocenters. The predicted molar refractivity (Wildman–Crippen MR) is 57.8 cm³/mol. The molecule has 5 N–H and O–H groups in total. The fourth-order valence-electron chi connectivity index (χ4n) is 1.32. The number of rotatable bonds is 6. The molecule has 1 aliphatic carbocycles. The number of aliphatic hydroxyl groups is 1. The highest BCUT2D eigenvalue weighted by atomic mass is 32.2. The molecular formula is C9H18N2O2S. The van der Waals surface area contributed by atoms with Crippen LogP contribution >= 0.6 is 11.8 Å². The Morgan fingerprint density at radius 2 is 2.29 bits per heavy atom. The summed E-state index contributed by atoms with van der Waals surface area (Å²) in [6, 6.07) is 0. The van der Waals surface area contributed by atoms with Crippen molar-refractivity contribution >= 4 is 17.7 Å². The third-order valence-electron chi connectivity index (χ3n) is 2.63. The number of primary amides is 1. The van der Waals surface area contributed by atoms with Crippen molar-refractivity contribution in [3.05, 3.63) is 0 Å². The number of hydrogen-bond acceptors (Lipinski definition) is 4. The summed E-state index contributed by atoms with van der Waals surface area (Å²) >= 11 is 1.50. The Kier molecular flexibility index (Phi) is 3.80. The largest absolute Gasteiger partial charge is 0.395 e. The van der Waals surface area contributed by atoms with Crippen LogP contribution in [0.15, 0.2) is 0 Å². The van der Waals surface area contributed by atoms with Gasteiger partial charge in [-0.2, -0.15) is 11.8 Å². The molecule has 0 radical (unpaired) electrons. The van der Waals surface area contributed by atoms with Crippen LogP contribution in [0.1, 0.15) is 19.8 Å². The molecule has 14 heavy (non-hydrogen) atoms. The number of nitrogens with two attached hydrogens (primary N) is 2. The van der Waals surface area contributed by atoms with E-state index in [9.17, 15) is 4.79 Å². The van der Waals surface area contributed by atoms with Gasteiger partial charge in [0.1, 0.15) is 5.54 Å². The minimum absolute atomic E-state index is 0.101. The van der Waals surface area contributed by atoms with Gasteiger partial charge in [0.2, 0.25) is 5.91 Å². The van der Waals surface area contributed by atoms with E-state index in [-0.39, 0.29) is 17.8 Å². The summed E-state index contributed by atoms with van der Waals surface area (Å²) in [5.74, 6) is 0.338. The van der Waals surface area contributed by atoms with Gasteiger partial charge in [-0.05, 0) is 18.8 Å². The molecule has 1 amide bonds. The highest BCUT2D eigenvalue weighted by Gasteiger charge is 2.46. The second-order valence-electron chi connectivity index (χ2n) is 3.98. The van der Waals surface area contributed by atoms with Crippen LogP contribution in [0, 0.1) is 5.92 Å². The SMILES string of the molecule is CC(CO)SCC(N)(C(N)=O)C1CC1. The topological polar surface area (TPSA) is 89.3 Å². The highest BCUT2D eigenvalue weighted by molar-refractivity contribution is 8.00. The van der Waals surface area contributed by atoms with E-state index < -0.39 is 11.4 Å². The van der Waals surface area contributed by atoms with Crippen molar-refractivity contribution in [3.63, 3.8) is 0 Å². The molecule has 0 heterocycles. The summed E-state index contributed by atoms with van der Waals surface area (Å²) < 4.78 is 0. The van der Waals surface area contributed by atoms with Crippen molar-refractivity contribution in [1.82, 2.24) is 0 Å². The van der Waals surface area contributed by atoms with Gasteiger partial charge in [0.15, 0.2) is 0 Å². The average molecular weight is 218 g/mol. The number of thioether (sulfide) groups is 1. The molecule has 82 valence electrons. The molecule has 0 aliphatic heterocycles. The van der Waals surface area contributed by atoms with Crippen molar-refractivity contribution < 1.29 is 9.90 Å². The Morgan fingerprint density at radius 1 is 1.71 bits per heavy atom. The lowest BCUT2D eigenvalue weighted by atomic mass is 9.96. The van der Waals surface area contributed by atoms with E-state index in [4.69, 9.17) is 16.6 Å². The van der Waals surface area contributed by atoms with Crippen molar-refractivity contribution in [1.29, 1.82) is 0 Å². The number of amides is 1. The van der Waals surface area contributed by atoms with E-state index in [0.29, 0.717) is 5.75 Å². The molecule has 1 rings (SSSR count). The molecule has 1 fully saturated rings. The molecule has 5 heteroatoms. The Morgan fingerprint density at radius 3 is 2.64 bits per heavy atom. The summed E-state index contributed by atoms with van der Waals surface area (Å²) in [5, 5.41) is 8.95. The number of carbonyl (C=O) groups excluding carboxylic acids is 1. The minimum atomic E-state index is -0.867. The quantitative estimate of drug-likeness (QED) is 0.570. The molecule has 1 aliphatic rings. The van der Waals surface area contributed by atoms with Gasteiger partial charge in [0, 0.05) is 11.0 Å². The molecule has 0 aromatic rings. The maximum Gasteiger partial charge on any atom is 0.238 e. The first-order valence-electron chi connectivity index (χ1n) is 4.82. The standard InChI is InChI=1S/C9H18N2O2S/c1-6(4-12)14-5-9(11,8(10)13)7-2-3-7/h6-7,12H,2-5,11H2,1H3,(H2,10,13). The molecule has 0 bridgehead atoms. The zero-order valence-corrected chi connectivity index (χ0v) is 9.22. The first kappa shape index (κ1) is 11.8. The van der Waals surface area contributed by atoms with Crippen molar-refractivity contribution in [2.24, 2.45) is 17.4 Å². The monoisotopic (exact) mass is 218 g/mol. The van der Waals surface area contributed by atoms with Crippen molar-refractivity contribution in [3.8, 4) is 0 Å². The molecule has 0 aromatic carbocycles. The molecule has 0 spiro atoms. The van der Waals surface area contributed by atoms with Crippen LogP contribution in [0.4, 0.5) is 0 Å². The normalized spacial score (nSPS) is 22.8. The fraction of sp³-hybridized carbons (Fsp3) is 0.889. The van der Waals surface area contributed by atoms with Gasteiger partial charge >= 0.3 is 0 Å². The Hall–Kier alpha value is -0.260. The van der Waals surface area contributed by atoms with Gasteiger partial charge in [-0.25, -0.2) is 0 Å². The Balaban J connectivity index is 2.47. The maximum atomic E-state index is 11.2. The van der Waals surface area contributed by atoms with Crippen LogP contribution in [0.2, 0.25) is 0 Å². The average Bonchev–Trinajstić information content (AvgIpc) is 2.96. The van der Waals surface area contributed by atoms with Crippen LogP contribution in [0.5, 0.6) is 0 Å².